The molecule has 136 valence electrons. The third kappa shape index (κ3) is 3.50. The van der Waals surface area contributed by atoms with Crippen molar-refractivity contribution in [1.82, 2.24) is 4.98 Å². The van der Waals surface area contributed by atoms with Crippen LogP contribution in [-0.4, -0.2) is 29.2 Å². The number of pyridine rings is 1. The van der Waals surface area contributed by atoms with Gasteiger partial charge in [0.1, 0.15) is 5.82 Å². The molecule has 26 heavy (non-hydrogen) atoms. The van der Waals surface area contributed by atoms with Crippen molar-refractivity contribution < 1.29 is 18.5 Å². The highest BCUT2D eigenvalue weighted by molar-refractivity contribution is 6.62. The highest BCUT2D eigenvalue weighted by Gasteiger charge is 2.51. The molecule has 0 bridgehead atoms. The summed E-state index contributed by atoms with van der Waals surface area (Å²) < 4.78 is 25.1. The summed E-state index contributed by atoms with van der Waals surface area (Å²) in [5.74, 6) is -0.677. The van der Waals surface area contributed by atoms with Crippen LogP contribution in [0.25, 0.3) is 0 Å². The van der Waals surface area contributed by atoms with Gasteiger partial charge in [0, 0.05) is 23.0 Å². The van der Waals surface area contributed by atoms with Crippen LogP contribution in [0.3, 0.4) is 0 Å². The van der Waals surface area contributed by atoms with E-state index in [-0.39, 0.29) is 11.7 Å². The zero-order valence-electron chi connectivity index (χ0n) is 15.6. The fourth-order valence-electron chi connectivity index (χ4n) is 2.62. The molecule has 3 rings (SSSR count). The normalized spacial score (nSPS) is 18.0. The lowest BCUT2D eigenvalue weighted by Crippen LogP contribution is -2.41. The Labute approximate surface area is 153 Å². The lowest BCUT2D eigenvalue weighted by Gasteiger charge is -2.32. The molecule has 5 nitrogen and oxygen atoms in total. The van der Waals surface area contributed by atoms with Gasteiger partial charge in [0.15, 0.2) is 0 Å². The van der Waals surface area contributed by atoms with Gasteiger partial charge in [-0.15, -0.1) is 0 Å². The standard InChI is InChI=1S/C19H22BFN2O3/c1-12-16(17(24)23-15-8-6-14(21)7-9-15)10-13(11-22-12)20-25-18(2,3)19(4,5)26-20/h6-11H,1-5H3,(H,23,24). The number of aromatic nitrogens is 1. The van der Waals surface area contributed by atoms with Crippen molar-refractivity contribution in [2.24, 2.45) is 0 Å². The van der Waals surface area contributed by atoms with Gasteiger partial charge < -0.3 is 14.6 Å². The highest BCUT2D eigenvalue weighted by atomic mass is 19.1. The van der Waals surface area contributed by atoms with Crippen molar-refractivity contribution in [2.75, 3.05) is 5.32 Å². The Morgan fingerprint density at radius 1 is 1.12 bits per heavy atom. The molecule has 7 heteroatoms. The second kappa shape index (κ2) is 6.48. The second-order valence-corrected chi connectivity index (χ2v) is 7.45. The molecular formula is C19H22BFN2O3. The summed E-state index contributed by atoms with van der Waals surface area (Å²) in [6, 6.07) is 7.33. The number of carbonyl (C=O) groups is 1. The van der Waals surface area contributed by atoms with Crippen molar-refractivity contribution in [1.29, 1.82) is 0 Å². The predicted octanol–water partition coefficient (Wildman–Crippen LogP) is 3.08. The Morgan fingerprint density at radius 2 is 1.69 bits per heavy atom. The molecular weight excluding hydrogens is 334 g/mol. The molecule has 0 unspecified atom stereocenters. The van der Waals surface area contributed by atoms with Crippen molar-refractivity contribution in [3.8, 4) is 0 Å². The van der Waals surface area contributed by atoms with Gasteiger partial charge in [-0.3, -0.25) is 9.78 Å². The number of benzene rings is 1. The van der Waals surface area contributed by atoms with Crippen LogP contribution in [0.15, 0.2) is 36.5 Å². The van der Waals surface area contributed by atoms with E-state index in [1.165, 1.54) is 24.3 Å². The van der Waals surface area contributed by atoms with Gasteiger partial charge in [-0.05, 0) is 65.0 Å². The number of nitrogens with one attached hydrogen (secondary N) is 1. The molecule has 0 saturated carbocycles. The minimum absolute atomic E-state index is 0.319. The molecule has 1 saturated heterocycles. The lowest BCUT2D eigenvalue weighted by atomic mass is 9.79. The maximum atomic E-state index is 13.0. The van der Waals surface area contributed by atoms with Crippen molar-refractivity contribution in [2.45, 2.75) is 45.8 Å². The summed E-state index contributed by atoms with van der Waals surface area (Å²) in [5.41, 5.74) is 1.25. The van der Waals surface area contributed by atoms with Crippen LogP contribution in [0, 0.1) is 12.7 Å². The maximum Gasteiger partial charge on any atom is 0.496 e. The van der Waals surface area contributed by atoms with Gasteiger partial charge >= 0.3 is 7.12 Å². The van der Waals surface area contributed by atoms with Gasteiger partial charge in [0.25, 0.3) is 5.91 Å². The molecule has 2 heterocycles. The Balaban J connectivity index is 1.84. The molecule has 0 aliphatic carbocycles. The molecule has 2 aromatic rings. The number of halogens is 1. The number of hydrogen-bond donors (Lipinski definition) is 1. The number of carbonyl (C=O) groups excluding carboxylic acids is 1. The average Bonchev–Trinajstić information content (AvgIpc) is 2.78. The quantitative estimate of drug-likeness (QED) is 0.859. The van der Waals surface area contributed by atoms with Crippen LogP contribution < -0.4 is 10.8 Å². The highest BCUT2D eigenvalue weighted by Crippen LogP contribution is 2.36. The Hall–Kier alpha value is -2.25. The summed E-state index contributed by atoms with van der Waals surface area (Å²) in [6.07, 6.45) is 1.66. The van der Waals surface area contributed by atoms with Crippen LogP contribution in [0.2, 0.25) is 0 Å². The molecule has 0 spiro atoms. The van der Waals surface area contributed by atoms with Gasteiger partial charge in [-0.25, -0.2) is 4.39 Å². The molecule has 1 aliphatic rings. The first-order valence-corrected chi connectivity index (χ1v) is 8.48. The lowest BCUT2D eigenvalue weighted by molar-refractivity contribution is 0.00578. The van der Waals surface area contributed by atoms with E-state index in [4.69, 9.17) is 9.31 Å². The third-order valence-corrected chi connectivity index (χ3v) is 4.98. The van der Waals surface area contributed by atoms with Gasteiger partial charge in [-0.1, -0.05) is 0 Å². The van der Waals surface area contributed by atoms with Crippen LogP contribution in [0.4, 0.5) is 10.1 Å². The Bertz CT molecular complexity index is 821. The molecule has 1 aromatic carbocycles. The van der Waals surface area contributed by atoms with E-state index >= 15 is 0 Å². The van der Waals surface area contributed by atoms with E-state index in [0.29, 0.717) is 22.4 Å². The van der Waals surface area contributed by atoms with E-state index in [2.05, 4.69) is 10.3 Å². The third-order valence-electron chi connectivity index (χ3n) is 4.98. The smallest absolute Gasteiger partial charge is 0.399 e. The zero-order chi connectivity index (χ0) is 19.1. The monoisotopic (exact) mass is 356 g/mol. The average molecular weight is 356 g/mol. The van der Waals surface area contributed by atoms with Crippen molar-refractivity contribution >= 4 is 24.2 Å². The molecule has 1 fully saturated rings. The number of rotatable bonds is 3. The fraction of sp³-hybridized carbons (Fsp3) is 0.368. The number of aryl methyl sites for hydroxylation is 1. The number of amides is 1. The van der Waals surface area contributed by atoms with E-state index < -0.39 is 18.3 Å². The maximum absolute atomic E-state index is 13.0. The topological polar surface area (TPSA) is 60.5 Å². The summed E-state index contributed by atoms with van der Waals surface area (Å²) in [7, 11) is -0.592. The van der Waals surface area contributed by atoms with Crippen LogP contribution in [0.5, 0.6) is 0 Å². The van der Waals surface area contributed by atoms with E-state index in [1.807, 2.05) is 27.7 Å². The summed E-state index contributed by atoms with van der Waals surface area (Å²) in [5, 5.41) is 2.75. The summed E-state index contributed by atoms with van der Waals surface area (Å²) in [6.45, 7) is 9.63. The molecule has 1 amide bonds. The first-order chi connectivity index (χ1) is 12.1. The molecule has 0 radical (unpaired) electrons. The van der Waals surface area contributed by atoms with E-state index in [9.17, 15) is 9.18 Å². The Kier molecular flexibility index (Phi) is 4.62. The largest absolute Gasteiger partial charge is 0.496 e. The molecule has 0 atom stereocenters. The van der Waals surface area contributed by atoms with Gasteiger partial charge in [0.05, 0.1) is 16.8 Å². The zero-order valence-corrected chi connectivity index (χ0v) is 15.6. The minimum Gasteiger partial charge on any atom is -0.399 e. The van der Waals surface area contributed by atoms with Crippen molar-refractivity contribution in [3.05, 3.63) is 53.6 Å². The van der Waals surface area contributed by atoms with E-state index in [1.54, 1.807) is 19.2 Å². The predicted molar refractivity (Wildman–Crippen MR) is 99.0 cm³/mol. The SMILES string of the molecule is Cc1ncc(B2OC(C)(C)C(C)(C)O2)cc1C(=O)Nc1ccc(F)cc1. The number of anilines is 1. The number of hydrogen-bond acceptors (Lipinski definition) is 4. The first kappa shape index (κ1) is 18.5. The summed E-state index contributed by atoms with van der Waals surface area (Å²) in [4.78, 5) is 16.9. The molecule has 1 N–H and O–H groups in total. The van der Waals surface area contributed by atoms with Crippen LogP contribution in [-0.2, 0) is 9.31 Å². The first-order valence-electron chi connectivity index (χ1n) is 8.48. The van der Waals surface area contributed by atoms with E-state index in [0.717, 1.165) is 0 Å². The second-order valence-electron chi connectivity index (χ2n) is 7.45. The molecule has 1 aliphatic heterocycles. The minimum atomic E-state index is -0.592. The van der Waals surface area contributed by atoms with Crippen molar-refractivity contribution in [3.63, 3.8) is 0 Å². The molecule has 1 aromatic heterocycles. The fourth-order valence-corrected chi connectivity index (χ4v) is 2.62. The van der Waals surface area contributed by atoms with Crippen LogP contribution in [0.1, 0.15) is 43.7 Å². The Morgan fingerprint density at radius 3 is 2.27 bits per heavy atom. The van der Waals surface area contributed by atoms with Crippen LogP contribution >= 0.6 is 0 Å². The summed E-state index contributed by atoms with van der Waals surface area (Å²) >= 11 is 0. The van der Waals surface area contributed by atoms with Gasteiger partial charge in [-0.2, -0.15) is 0 Å². The van der Waals surface area contributed by atoms with Gasteiger partial charge in [0.2, 0.25) is 0 Å². The number of nitrogens with zero attached hydrogens (tertiary/aromatic N) is 1.